The van der Waals surface area contributed by atoms with Crippen LogP contribution in [0.5, 0.6) is 0 Å². The van der Waals surface area contributed by atoms with E-state index in [-0.39, 0.29) is 30.4 Å². The number of aliphatic hydroxyl groups excluding tert-OH is 1. The molecule has 22 heavy (non-hydrogen) atoms. The molecule has 7 heteroatoms. The van der Waals surface area contributed by atoms with Gasteiger partial charge in [-0.05, 0) is 31.7 Å². The van der Waals surface area contributed by atoms with Gasteiger partial charge in [0.15, 0.2) is 0 Å². The predicted molar refractivity (Wildman–Crippen MR) is 79.0 cm³/mol. The predicted octanol–water partition coefficient (Wildman–Crippen LogP) is 0.244. The monoisotopic (exact) mass is 306 g/mol. The van der Waals surface area contributed by atoms with Crippen molar-refractivity contribution in [1.29, 1.82) is 0 Å². The summed E-state index contributed by atoms with van der Waals surface area (Å²) in [6.45, 7) is 4.66. The first-order chi connectivity index (χ1) is 10.5. The Morgan fingerprint density at radius 2 is 2.32 bits per heavy atom. The summed E-state index contributed by atoms with van der Waals surface area (Å²) in [7, 11) is 0. The van der Waals surface area contributed by atoms with E-state index >= 15 is 0 Å². The van der Waals surface area contributed by atoms with Gasteiger partial charge in [0.05, 0.1) is 12.1 Å². The Bertz CT molecular complexity index is 573. The standard InChI is InChI=1S/C15H22N4O3/c1-10(21)19-13-4-6-18(14(22)12-3-5-16-17-12)8-11(13)7-15(19,2)9-20/h3,5,11,13,20H,4,6-9H2,1-2H3,(H,16,17)/t11-,13-,15+/m0/s1. The molecule has 0 radical (unpaired) electrons. The molecule has 2 fully saturated rings. The normalized spacial score (nSPS) is 31.2. The van der Waals surface area contributed by atoms with E-state index in [1.54, 1.807) is 19.2 Å². The van der Waals surface area contributed by atoms with Crippen molar-refractivity contribution in [1.82, 2.24) is 20.0 Å². The fraction of sp³-hybridized carbons (Fsp3) is 0.667. The van der Waals surface area contributed by atoms with E-state index in [1.807, 2.05) is 16.7 Å². The van der Waals surface area contributed by atoms with E-state index in [9.17, 15) is 14.7 Å². The number of piperidine rings is 1. The van der Waals surface area contributed by atoms with Gasteiger partial charge in [0, 0.05) is 32.3 Å². The lowest BCUT2D eigenvalue weighted by Gasteiger charge is -2.40. The van der Waals surface area contributed by atoms with Crippen LogP contribution in [0.1, 0.15) is 37.2 Å². The first kappa shape index (κ1) is 15.0. The van der Waals surface area contributed by atoms with Crippen molar-refractivity contribution in [2.45, 2.75) is 38.3 Å². The van der Waals surface area contributed by atoms with Crippen LogP contribution >= 0.6 is 0 Å². The minimum Gasteiger partial charge on any atom is -0.394 e. The number of carbonyl (C=O) groups excluding carboxylic acids is 2. The fourth-order valence-corrected chi connectivity index (χ4v) is 4.11. The van der Waals surface area contributed by atoms with Crippen LogP contribution in [-0.4, -0.2) is 68.2 Å². The van der Waals surface area contributed by atoms with Gasteiger partial charge < -0.3 is 14.9 Å². The second-order valence-corrected chi connectivity index (χ2v) is 6.59. The second-order valence-electron chi connectivity index (χ2n) is 6.59. The highest BCUT2D eigenvalue weighted by Crippen LogP contribution is 2.42. The van der Waals surface area contributed by atoms with Crippen LogP contribution in [0.4, 0.5) is 0 Å². The largest absolute Gasteiger partial charge is 0.394 e. The Morgan fingerprint density at radius 1 is 1.55 bits per heavy atom. The van der Waals surface area contributed by atoms with Crippen LogP contribution in [0.3, 0.4) is 0 Å². The Hall–Kier alpha value is -1.89. The number of aliphatic hydroxyl groups is 1. The van der Waals surface area contributed by atoms with Crippen molar-refractivity contribution < 1.29 is 14.7 Å². The first-order valence-corrected chi connectivity index (χ1v) is 7.65. The number of rotatable bonds is 2. The molecule has 0 bridgehead atoms. The zero-order valence-electron chi connectivity index (χ0n) is 13.0. The molecule has 0 saturated carbocycles. The molecular weight excluding hydrogens is 284 g/mol. The molecule has 7 nitrogen and oxygen atoms in total. The van der Waals surface area contributed by atoms with Crippen LogP contribution in [-0.2, 0) is 4.79 Å². The first-order valence-electron chi connectivity index (χ1n) is 7.65. The third kappa shape index (κ3) is 2.29. The van der Waals surface area contributed by atoms with E-state index in [4.69, 9.17) is 0 Å². The topological polar surface area (TPSA) is 89.5 Å². The minimum absolute atomic E-state index is 0.00241. The van der Waals surface area contributed by atoms with Gasteiger partial charge in [-0.3, -0.25) is 14.7 Å². The minimum atomic E-state index is -0.520. The molecule has 120 valence electrons. The quantitative estimate of drug-likeness (QED) is 0.819. The summed E-state index contributed by atoms with van der Waals surface area (Å²) in [6.07, 6.45) is 3.04. The summed E-state index contributed by atoms with van der Waals surface area (Å²) in [5, 5.41) is 16.2. The van der Waals surface area contributed by atoms with Gasteiger partial charge in [0.25, 0.3) is 5.91 Å². The average Bonchev–Trinajstić information content (AvgIpc) is 3.10. The molecular formula is C15H22N4O3. The highest BCUT2D eigenvalue weighted by molar-refractivity contribution is 5.92. The van der Waals surface area contributed by atoms with Crippen molar-refractivity contribution in [2.24, 2.45) is 5.92 Å². The Balaban J connectivity index is 1.77. The molecule has 0 unspecified atom stereocenters. The molecule has 1 aromatic heterocycles. The van der Waals surface area contributed by atoms with Gasteiger partial charge in [-0.15, -0.1) is 0 Å². The van der Waals surface area contributed by atoms with Gasteiger partial charge in [0.1, 0.15) is 5.69 Å². The number of hydrogen-bond donors (Lipinski definition) is 2. The summed E-state index contributed by atoms with van der Waals surface area (Å²) in [5.41, 5.74) is -0.0291. The van der Waals surface area contributed by atoms with Crippen molar-refractivity contribution in [2.75, 3.05) is 19.7 Å². The SMILES string of the molecule is CC(=O)N1[C@H]2CCN(C(=O)c3ccn[nH]3)C[C@@H]2C[C@]1(C)CO. The van der Waals surface area contributed by atoms with Gasteiger partial charge in [-0.25, -0.2) is 0 Å². The third-order valence-electron chi connectivity index (χ3n) is 5.01. The van der Waals surface area contributed by atoms with E-state index in [1.165, 1.54) is 0 Å². The van der Waals surface area contributed by atoms with Crippen LogP contribution in [0, 0.1) is 5.92 Å². The number of H-pyrrole nitrogens is 1. The second kappa shape index (κ2) is 5.39. The molecule has 0 spiro atoms. The Labute approximate surface area is 129 Å². The summed E-state index contributed by atoms with van der Waals surface area (Å²) in [5.74, 6) is 0.155. The van der Waals surface area contributed by atoms with Crippen LogP contribution in [0.2, 0.25) is 0 Å². The number of nitrogens with one attached hydrogen (secondary N) is 1. The third-order valence-corrected chi connectivity index (χ3v) is 5.01. The fourth-order valence-electron chi connectivity index (χ4n) is 4.11. The maximum absolute atomic E-state index is 12.4. The zero-order valence-corrected chi connectivity index (χ0v) is 13.0. The van der Waals surface area contributed by atoms with Crippen molar-refractivity contribution in [3.8, 4) is 0 Å². The molecule has 2 saturated heterocycles. The van der Waals surface area contributed by atoms with E-state index < -0.39 is 5.54 Å². The van der Waals surface area contributed by atoms with E-state index in [2.05, 4.69) is 10.2 Å². The van der Waals surface area contributed by atoms with Crippen LogP contribution in [0.15, 0.2) is 12.3 Å². The molecule has 1 aromatic rings. The van der Waals surface area contributed by atoms with Gasteiger partial charge in [-0.2, -0.15) is 5.10 Å². The lowest BCUT2D eigenvalue weighted by atomic mass is 9.89. The molecule has 3 heterocycles. The summed E-state index contributed by atoms with van der Waals surface area (Å²) >= 11 is 0. The molecule has 3 atom stereocenters. The number of amides is 2. The smallest absolute Gasteiger partial charge is 0.271 e. The van der Waals surface area contributed by atoms with Crippen LogP contribution in [0.25, 0.3) is 0 Å². The Kier molecular flexibility index (Phi) is 3.68. The van der Waals surface area contributed by atoms with E-state index in [0.29, 0.717) is 18.8 Å². The number of aromatic amines is 1. The molecule has 2 aliphatic heterocycles. The van der Waals surface area contributed by atoms with Gasteiger partial charge in [-0.1, -0.05) is 0 Å². The highest BCUT2D eigenvalue weighted by atomic mass is 16.3. The van der Waals surface area contributed by atoms with Crippen molar-refractivity contribution in [3.63, 3.8) is 0 Å². The van der Waals surface area contributed by atoms with E-state index in [0.717, 1.165) is 12.8 Å². The van der Waals surface area contributed by atoms with Gasteiger partial charge >= 0.3 is 0 Å². The number of nitrogens with zero attached hydrogens (tertiary/aromatic N) is 3. The lowest BCUT2D eigenvalue weighted by molar-refractivity contribution is -0.137. The molecule has 2 aliphatic rings. The molecule has 3 rings (SSSR count). The number of aromatic nitrogens is 2. The maximum Gasteiger partial charge on any atom is 0.271 e. The Morgan fingerprint density at radius 3 is 2.91 bits per heavy atom. The summed E-state index contributed by atoms with van der Waals surface area (Å²) in [6, 6.07) is 1.78. The van der Waals surface area contributed by atoms with Crippen LogP contribution < -0.4 is 0 Å². The van der Waals surface area contributed by atoms with Gasteiger partial charge in [0.2, 0.25) is 5.91 Å². The maximum atomic E-state index is 12.4. The average molecular weight is 306 g/mol. The molecule has 2 amide bonds. The highest BCUT2D eigenvalue weighted by Gasteiger charge is 2.51. The molecule has 2 N–H and O–H groups in total. The number of likely N-dealkylation sites (tertiary alicyclic amines) is 2. The molecule has 0 aromatic carbocycles. The number of hydrogen-bond acceptors (Lipinski definition) is 4. The van der Waals surface area contributed by atoms with Crippen molar-refractivity contribution in [3.05, 3.63) is 18.0 Å². The van der Waals surface area contributed by atoms with Crippen molar-refractivity contribution >= 4 is 11.8 Å². The number of carbonyl (C=O) groups is 2. The lowest BCUT2D eigenvalue weighted by Crippen LogP contribution is -2.53. The summed E-state index contributed by atoms with van der Waals surface area (Å²) < 4.78 is 0. The molecule has 0 aliphatic carbocycles. The number of fused-ring (bicyclic) bond motifs is 1. The summed E-state index contributed by atoms with van der Waals surface area (Å²) in [4.78, 5) is 28.1. The zero-order chi connectivity index (χ0) is 15.9.